The van der Waals surface area contributed by atoms with Crippen LogP contribution >= 0.6 is 0 Å². The number of hydrogen-bond acceptors (Lipinski definition) is 13. The smallest absolute Gasteiger partial charge is 0.269 e. The number of nitrogens with two attached hydrogens (primary N) is 1. The van der Waals surface area contributed by atoms with Gasteiger partial charge in [0.2, 0.25) is 5.95 Å². The van der Waals surface area contributed by atoms with Gasteiger partial charge in [0.25, 0.3) is 5.69 Å². The molecule has 1 saturated heterocycles. The van der Waals surface area contributed by atoms with Crippen LogP contribution in [0.25, 0.3) is 11.2 Å². The number of fused-ring (bicyclic) bond motifs is 1. The first-order valence-electron chi connectivity index (χ1n) is 11.7. The van der Waals surface area contributed by atoms with E-state index in [1.54, 1.807) is 36.4 Å². The second-order valence-electron chi connectivity index (χ2n) is 8.59. The number of non-ortho nitro benzene ring substituents is 1. The normalized spacial score (nSPS) is 21.0. The number of nitrogens with zero attached hydrogens (tertiary/aromatic N) is 6. The van der Waals surface area contributed by atoms with Crippen LogP contribution in [-0.4, -0.2) is 70.9 Å². The highest BCUT2D eigenvalue weighted by Crippen LogP contribution is 2.35. The number of nitrogen functional groups attached to an aromatic ring is 1. The van der Waals surface area contributed by atoms with E-state index in [4.69, 9.17) is 15.2 Å². The lowest BCUT2D eigenvalue weighted by Gasteiger charge is -2.18. The standard InChI is InChI=1S/C24H24N8O7/c25-21-18-22(27-12-26-21)31(23-20(35)19(34)17(10-33)39-23)24(29-18)30-28-9-14-3-1-2-4-16(14)38-11-13-5-7-15(8-6-13)32(36)37/h1-9,12,17,19-20,23,33-35H,10-11H2,(H,29,30)(H2,25,26,27)/b28-9+. The van der Waals surface area contributed by atoms with Gasteiger partial charge < -0.3 is 30.5 Å². The van der Waals surface area contributed by atoms with E-state index in [2.05, 4.69) is 25.5 Å². The number of nitrogens with one attached hydrogen (secondary N) is 1. The van der Waals surface area contributed by atoms with Crippen molar-refractivity contribution in [1.82, 2.24) is 19.5 Å². The summed E-state index contributed by atoms with van der Waals surface area (Å²) in [6.45, 7) is -0.328. The Labute approximate surface area is 220 Å². The Hall–Kier alpha value is -4.70. The Balaban J connectivity index is 1.37. The lowest BCUT2D eigenvalue weighted by atomic mass is 10.1. The number of nitro groups is 1. The van der Waals surface area contributed by atoms with Gasteiger partial charge in [-0.25, -0.2) is 20.4 Å². The number of rotatable bonds is 9. The molecule has 0 spiro atoms. The lowest BCUT2D eigenvalue weighted by Crippen LogP contribution is -2.33. The number of aliphatic hydroxyl groups is 3. The summed E-state index contributed by atoms with van der Waals surface area (Å²) < 4.78 is 12.9. The van der Waals surface area contributed by atoms with Crippen LogP contribution in [0.3, 0.4) is 0 Å². The molecule has 4 unspecified atom stereocenters. The van der Waals surface area contributed by atoms with Crippen LogP contribution in [0.4, 0.5) is 17.5 Å². The molecule has 3 heterocycles. The average molecular weight is 537 g/mol. The van der Waals surface area contributed by atoms with Crippen LogP contribution in [0.1, 0.15) is 17.4 Å². The number of anilines is 2. The molecule has 1 fully saturated rings. The van der Waals surface area contributed by atoms with Crippen molar-refractivity contribution in [3.8, 4) is 5.75 Å². The summed E-state index contributed by atoms with van der Waals surface area (Å²) in [5, 5.41) is 45.4. The summed E-state index contributed by atoms with van der Waals surface area (Å²) in [5.74, 6) is 0.684. The van der Waals surface area contributed by atoms with E-state index >= 15 is 0 Å². The van der Waals surface area contributed by atoms with Gasteiger partial charge in [-0.1, -0.05) is 12.1 Å². The molecule has 15 heteroatoms. The van der Waals surface area contributed by atoms with E-state index in [1.807, 2.05) is 0 Å². The number of para-hydroxylation sites is 1. The average Bonchev–Trinajstić information content (AvgIpc) is 3.45. The molecule has 15 nitrogen and oxygen atoms in total. The zero-order valence-corrected chi connectivity index (χ0v) is 20.2. The van der Waals surface area contributed by atoms with E-state index in [-0.39, 0.29) is 35.2 Å². The van der Waals surface area contributed by atoms with Gasteiger partial charge in [-0.2, -0.15) is 5.10 Å². The SMILES string of the molecule is Nc1ncnc2c1nc(N/N=C/c1ccccc1OCc1ccc([N+](=O)[O-])cc1)n2C1OC(CO)C(O)C1O. The second-order valence-corrected chi connectivity index (χ2v) is 8.59. The van der Waals surface area contributed by atoms with E-state index in [0.29, 0.717) is 11.3 Å². The fourth-order valence-corrected chi connectivity index (χ4v) is 4.09. The van der Waals surface area contributed by atoms with Crippen molar-refractivity contribution >= 4 is 34.8 Å². The third-order valence-corrected chi connectivity index (χ3v) is 6.11. The van der Waals surface area contributed by atoms with Crippen molar-refractivity contribution in [3.63, 3.8) is 0 Å². The molecule has 1 aliphatic rings. The molecule has 5 rings (SSSR count). The van der Waals surface area contributed by atoms with Crippen LogP contribution in [0.2, 0.25) is 0 Å². The largest absolute Gasteiger partial charge is 0.488 e. The van der Waals surface area contributed by atoms with Crippen molar-refractivity contribution < 1.29 is 29.7 Å². The van der Waals surface area contributed by atoms with Gasteiger partial charge >= 0.3 is 0 Å². The summed E-state index contributed by atoms with van der Waals surface area (Å²) >= 11 is 0. The van der Waals surface area contributed by atoms with Gasteiger partial charge in [0.05, 0.1) is 17.7 Å². The van der Waals surface area contributed by atoms with Crippen molar-refractivity contribution in [2.24, 2.45) is 5.10 Å². The molecule has 4 atom stereocenters. The molecule has 0 saturated carbocycles. The summed E-state index contributed by atoms with van der Waals surface area (Å²) in [6.07, 6.45) is -2.19. The first-order chi connectivity index (χ1) is 18.9. The molecule has 4 aromatic rings. The summed E-state index contributed by atoms with van der Waals surface area (Å²) in [4.78, 5) is 22.9. The predicted molar refractivity (Wildman–Crippen MR) is 138 cm³/mol. The minimum Gasteiger partial charge on any atom is -0.488 e. The summed E-state index contributed by atoms with van der Waals surface area (Å²) in [7, 11) is 0. The number of hydrazone groups is 1. The minimum absolute atomic E-state index is 0.00645. The van der Waals surface area contributed by atoms with Crippen LogP contribution in [0.15, 0.2) is 60.0 Å². The number of aliphatic hydroxyl groups excluding tert-OH is 3. The number of imidazole rings is 1. The number of aromatic nitrogens is 4. The minimum atomic E-state index is -1.39. The van der Waals surface area contributed by atoms with Gasteiger partial charge in [-0.05, 0) is 29.8 Å². The predicted octanol–water partition coefficient (Wildman–Crippen LogP) is 0.953. The van der Waals surface area contributed by atoms with Gasteiger partial charge in [0, 0.05) is 17.7 Å². The highest BCUT2D eigenvalue weighted by Gasteiger charge is 2.45. The molecule has 202 valence electrons. The molecular weight excluding hydrogens is 512 g/mol. The maximum absolute atomic E-state index is 10.9. The third-order valence-electron chi connectivity index (χ3n) is 6.11. The molecule has 0 radical (unpaired) electrons. The van der Waals surface area contributed by atoms with E-state index in [0.717, 1.165) is 5.56 Å². The molecule has 0 amide bonds. The van der Waals surface area contributed by atoms with Gasteiger partial charge in [0.15, 0.2) is 23.2 Å². The topological polar surface area (TPSA) is 216 Å². The number of hydrogen-bond donors (Lipinski definition) is 5. The number of ether oxygens (including phenoxy) is 2. The monoisotopic (exact) mass is 536 g/mol. The molecule has 2 aromatic carbocycles. The first-order valence-corrected chi connectivity index (χ1v) is 11.7. The van der Waals surface area contributed by atoms with Crippen molar-refractivity contribution in [2.45, 2.75) is 31.1 Å². The zero-order chi connectivity index (χ0) is 27.5. The van der Waals surface area contributed by atoms with Crippen molar-refractivity contribution in [2.75, 3.05) is 17.8 Å². The Morgan fingerprint density at radius 3 is 2.67 bits per heavy atom. The molecule has 6 N–H and O–H groups in total. The summed E-state index contributed by atoms with van der Waals surface area (Å²) in [6, 6.07) is 13.2. The maximum atomic E-state index is 10.9. The Morgan fingerprint density at radius 2 is 1.95 bits per heavy atom. The number of benzene rings is 2. The van der Waals surface area contributed by atoms with E-state index < -0.39 is 36.1 Å². The van der Waals surface area contributed by atoms with Crippen LogP contribution < -0.4 is 15.9 Å². The van der Waals surface area contributed by atoms with Crippen molar-refractivity contribution in [3.05, 3.63) is 76.1 Å². The van der Waals surface area contributed by atoms with E-state index in [9.17, 15) is 25.4 Å². The Kier molecular flexibility index (Phi) is 7.29. The van der Waals surface area contributed by atoms with Crippen LogP contribution in [0.5, 0.6) is 5.75 Å². The molecule has 0 aliphatic carbocycles. The van der Waals surface area contributed by atoms with E-state index in [1.165, 1.54) is 29.2 Å². The first kappa shape index (κ1) is 25.9. The fraction of sp³-hybridized carbons (Fsp3) is 0.250. The highest BCUT2D eigenvalue weighted by atomic mass is 16.6. The third kappa shape index (κ3) is 5.19. The Morgan fingerprint density at radius 1 is 1.18 bits per heavy atom. The molecule has 2 aromatic heterocycles. The van der Waals surface area contributed by atoms with Gasteiger partial charge in [0.1, 0.15) is 37.0 Å². The quantitative estimate of drug-likeness (QED) is 0.115. The highest BCUT2D eigenvalue weighted by molar-refractivity contribution is 5.85. The molecule has 1 aliphatic heterocycles. The van der Waals surface area contributed by atoms with Crippen molar-refractivity contribution in [1.29, 1.82) is 0 Å². The van der Waals surface area contributed by atoms with Gasteiger partial charge in [-0.3, -0.25) is 14.7 Å². The second kappa shape index (κ2) is 11.0. The maximum Gasteiger partial charge on any atom is 0.269 e. The lowest BCUT2D eigenvalue weighted by molar-refractivity contribution is -0.384. The van der Waals surface area contributed by atoms with Crippen LogP contribution in [-0.2, 0) is 11.3 Å². The summed E-state index contributed by atoms with van der Waals surface area (Å²) in [5.41, 5.74) is 10.5. The molecule has 0 bridgehead atoms. The Bertz CT molecular complexity index is 1510. The molecular formula is C24H24N8O7. The number of nitro benzene ring substituents is 1. The van der Waals surface area contributed by atoms with Gasteiger partial charge in [-0.15, -0.1) is 0 Å². The fourth-order valence-electron chi connectivity index (χ4n) is 4.09. The zero-order valence-electron chi connectivity index (χ0n) is 20.2. The van der Waals surface area contributed by atoms with Crippen LogP contribution in [0, 0.1) is 10.1 Å². The molecule has 39 heavy (non-hydrogen) atoms.